The normalized spacial score (nSPS) is 14.7. The summed E-state index contributed by atoms with van der Waals surface area (Å²) in [6.07, 6.45) is 1.48. The Balaban J connectivity index is 1.37. The summed E-state index contributed by atoms with van der Waals surface area (Å²) in [4.78, 5) is 18.8. The Kier molecular flexibility index (Phi) is 4.65. The summed E-state index contributed by atoms with van der Waals surface area (Å²) in [7, 11) is -3.83. The quantitative estimate of drug-likeness (QED) is 0.508. The number of carbonyl (C=O) groups excluding carboxylic acids is 1. The predicted octanol–water partition coefficient (Wildman–Crippen LogP) is 2.58. The molecule has 1 aliphatic heterocycles. The van der Waals surface area contributed by atoms with Crippen LogP contribution in [0.2, 0.25) is 0 Å². The molecule has 5 rings (SSSR count). The number of hydrogen-bond acceptors (Lipinski definition) is 7. The molecule has 158 valence electrons. The fraction of sp³-hybridized carbons (Fsp3) is 0.190. The summed E-state index contributed by atoms with van der Waals surface area (Å²) in [5.41, 5.74) is 11.6. The van der Waals surface area contributed by atoms with Gasteiger partial charge in [-0.05, 0) is 36.2 Å². The highest BCUT2D eigenvalue weighted by molar-refractivity contribution is 7.89. The van der Waals surface area contributed by atoms with Crippen LogP contribution in [-0.2, 0) is 27.9 Å². The average Bonchev–Trinajstić information content (AvgIpc) is 3.47. The van der Waals surface area contributed by atoms with Crippen LogP contribution < -0.4 is 5.73 Å². The van der Waals surface area contributed by atoms with Crippen LogP contribution in [0.25, 0.3) is 10.2 Å². The van der Waals surface area contributed by atoms with Crippen LogP contribution in [0.4, 0.5) is 0 Å². The summed E-state index contributed by atoms with van der Waals surface area (Å²) in [6.45, 7) is 2.42. The molecule has 3 heterocycles. The summed E-state index contributed by atoms with van der Waals surface area (Å²) in [5.74, 6) is -0.211. The summed E-state index contributed by atoms with van der Waals surface area (Å²) in [6, 6.07) is 11.6. The largest absolute Gasteiger partial charge is 0.331 e. The van der Waals surface area contributed by atoms with E-state index in [1.165, 1.54) is 23.6 Å². The minimum Gasteiger partial charge on any atom is -0.331 e. The van der Waals surface area contributed by atoms with E-state index in [-0.39, 0.29) is 23.9 Å². The molecule has 0 aliphatic carbocycles. The van der Waals surface area contributed by atoms with Crippen LogP contribution in [0.3, 0.4) is 0 Å². The minimum atomic E-state index is -3.83. The van der Waals surface area contributed by atoms with Crippen molar-refractivity contribution in [2.45, 2.75) is 31.0 Å². The van der Waals surface area contributed by atoms with Crippen LogP contribution in [0.1, 0.15) is 28.4 Å². The van der Waals surface area contributed by atoms with E-state index in [2.05, 4.69) is 10.1 Å². The van der Waals surface area contributed by atoms with Gasteiger partial charge in [0.05, 0.1) is 32.9 Å². The number of rotatable bonds is 4. The van der Waals surface area contributed by atoms with Crippen molar-refractivity contribution in [2.24, 2.45) is 5.73 Å². The molecule has 2 N–H and O–H groups in total. The van der Waals surface area contributed by atoms with E-state index >= 15 is 0 Å². The molecule has 0 saturated heterocycles. The maximum absolute atomic E-state index is 13.0. The summed E-state index contributed by atoms with van der Waals surface area (Å²) >= 11 is 1.38. The number of nitrogens with two attached hydrogens (primary N) is 1. The van der Waals surface area contributed by atoms with E-state index < -0.39 is 16.1 Å². The monoisotopic (exact) mass is 453 g/mol. The first-order valence-corrected chi connectivity index (χ1v) is 11.9. The Morgan fingerprint density at radius 2 is 2.00 bits per heavy atom. The standard InChI is InChI=1S/C21H19N5O3S2/c1-13-4-2-3-5-16(13)20(22)21(27)25-9-14-10-26(24-18(14)11-25)31(28,29)15-6-7-17-19(8-15)30-12-23-17/h2-8,10,12,20H,9,11,22H2,1H3. The molecule has 1 amide bonds. The van der Waals surface area contributed by atoms with Gasteiger partial charge in [-0.3, -0.25) is 4.79 Å². The van der Waals surface area contributed by atoms with Gasteiger partial charge in [-0.15, -0.1) is 11.3 Å². The van der Waals surface area contributed by atoms with Crippen LogP contribution in [-0.4, -0.2) is 33.4 Å². The number of thiazole rings is 1. The number of aromatic nitrogens is 3. The highest BCUT2D eigenvalue weighted by atomic mass is 32.2. The van der Waals surface area contributed by atoms with Gasteiger partial charge in [0.1, 0.15) is 6.04 Å². The van der Waals surface area contributed by atoms with Gasteiger partial charge in [-0.2, -0.15) is 17.6 Å². The fourth-order valence-corrected chi connectivity index (χ4v) is 5.76. The molecule has 2 aromatic heterocycles. The van der Waals surface area contributed by atoms with Gasteiger partial charge >= 0.3 is 0 Å². The van der Waals surface area contributed by atoms with Crippen molar-refractivity contribution in [3.8, 4) is 0 Å². The lowest BCUT2D eigenvalue weighted by Gasteiger charge is -2.21. The average molecular weight is 454 g/mol. The first kappa shape index (κ1) is 19.9. The van der Waals surface area contributed by atoms with E-state index in [4.69, 9.17) is 5.73 Å². The third-order valence-electron chi connectivity index (χ3n) is 5.51. The van der Waals surface area contributed by atoms with Crippen LogP contribution >= 0.6 is 11.3 Å². The Morgan fingerprint density at radius 3 is 2.77 bits per heavy atom. The zero-order valence-corrected chi connectivity index (χ0v) is 18.2. The number of benzene rings is 2. The van der Waals surface area contributed by atoms with Gasteiger partial charge in [-0.25, -0.2) is 4.98 Å². The topological polar surface area (TPSA) is 111 Å². The molecule has 0 bridgehead atoms. The molecule has 0 fully saturated rings. The predicted molar refractivity (Wildman–Crippen MR) is 117 cm³/mol. The summed E-state index contributed by atoms with van der Waals surface area (Å²) in [5, 5.41) is 4.27. The number of aryl methyl sites for hydroxylation is 1. The first-order valence-electron chi connectivity index (χ1n) is 9.61. The SMILES string of the molecule is Cc1ccccc1C(N)C(=O)N1Cc2cn(S(=O)(=O)c3ccc4ncsc4c3)nc2C1. The second-order valence-electron chi connectivity index (χ2n) is 7.49. The maximum Gasteiger partial charge on any atom is 0.283 e. The third-order valence-corrected chi connectivity index (χ3v) is 7.83. The molecule has 0 saturated carbocycles. The lowest BCUT2D eigenvalue weighted by Crippen LogP contribution is -2.35. The molecule has 8 nitrogen and oxygen atoms in total. The highest BCUT2D eigenvalue weighted by Gasteiger charge is 2.32. The number of nitrogens with zero attached hydrogens (tertiary/aromatic N) is 4. The lowest BCUT2D eigenvalue weighted by molar-refractivity contribution is -0.133. The molecule has 2 aromatic carbocycles. The fourth-order valence-electron chi connectivity index (χ4n) is 3.78. The minimum absolute atomic E-state index is 0.153. The molecular weight excluding hydrogens is 434 g/mol. The van der Waals surface area contributed by atoms with Gasteiger partial charge in [0, 0.05) is 18.3 Å². The molecule has 1 atom stereocenters. The molecule has 0 spiro atoms. The van der Waals surface area contributed by atoms with E-state index in [9.17, 15) is 13.2 Å². The number of carbonyl (C=O) groups is 1. The van der Waals surface area contributed by atoms with Crippen molar-refractivity contribution in [1.82, 2.24) is 19.1 Å². The van der Waals surface area contributed by atoms with Crippen LogP contribution in [0, 0.1) is 6.92 Å². The molecule has 0 radical (unpaired) electrons. The van der Waals surface area contributed by atoms with E-state index in [1.807, 2.05) is 31.2 Å². The van der Waals surface area contributed by atoms with Crippen molar-refractivity contribution in [1.29, 1.82) is 0 Å². The zero-order chi connectivity index (χ0) is 21.8. The van der Waals surface area contributed by atoms with E-state index in [0.29, 0.717) is 11.3 Å². The van der Waals surface area contributed by atoms with Gasteiger partial charge in [0.15, 0.2) is 0 Å². The Hall–Kier alpha value is -3.08. The molecule has 31 heavy (non-hydrogen) atoms. The Morgan fingerprint density at radius 1 is 1.19 bits per heavy atom. The maximum atomic E-state index is 13.0. The molecule has 1 unspecified atom stereocenters. The molecule has 4 aromatic rings. The number of amides is 1. The van der Waals surface area contributed by atoms with Crippen molar-refractivity contribution < 1.29 is 13.2 Å². The van der Waals surface area contributed by atoms with Gasteiger partial charge < -0.3 is 10.6 Å². The van der Waals surface area contributed by atoms with Crippen molar-refractivity contribution in [3.63, 3.8) is 0 Å². The highest BCUT2D eigenvalue weighted by Crippen LogP contribution is 2.28. The third kappa shape index (κ3) is 3.32. The number of hydrogen-bond donors (Lipinski definition) is 1. The second kappa shape index (κ2) is 7.26. The molecule has 1 aliphatic rings. The van der Waals surface area contributed by atoms with E-state index in [1.54, 1.807) is 22.5 Å². The van der Waals surface area contributed by atoms with Crippen molar-refractivity contribution in [3.05, 3.63) is 76.6 Å². The smallest absolute Gasteiger partial charge is 0.283 e. The lowest BCUT2D eigenvalue weighted by atomic mass is 10.0. The molecule has 10 heteroatoms. The molecular formula is C21H19N5O3S2. The van der Waals surface area contributed by atoms with Crippen LogP contribution in [0.5, 0.6) is 0 Å². The van der Waals surface area contributed by atoms with Gasteiger partial charge in [0.2, 0.25) is 5.91 Å². The van der Waals surface area contributed by atoms with Gasteiger partial charge in [0.25, 0.3) is 10.0 Å². The number of fused-ring (bicyclic) bond motifs is 2. The van der Waals surface area contributed by atoms with E-state index in [0.717, 1.165) is 25.4 Å². The Bertz CT molecular complexity index is 1400. The van der Waals surface area contributed by atoms with Crippen molar-refractivity contribution >= 4 is 37.5 Å². The zero-order valence-electron chi connectivity index (χ0n) is 16.6. The van der Waals surface area contributed by atoms with Crippen molar-refractivity contribution in [2.75, 3.05) is 0 Å². The second-order valence-corrected chi connectivity index (χ2v) is 10.2. The first-order chi connectivity index (χ1) is 14.8. The Labute approximate surface area is 183 Å². The van der Waals surface area contributed by atoms with Gasteiger partial charge in [-0.1, -0.05) is 24.3 Å². The summed E-state index contributed by atoms with van der Waals surface area (Å²) < 4.78 is 27.9. The van der Waals surface area contributed by atoms with Crippen LogP contribution in [0.15, 0.2) is 59.1 Å².